The van der Waals surface area contributed by atoms with Gasteiger partial charge in [-0.2, -0.15) is 0 Å². The Morgan fingerprint density at radius 1 is 1.39 bits per heavy atom. The number of hydrogen-bond acceptors (Lipinski definition) is 3. The third-order valence-corrected chi connectivity index (χ3v) is 4.54. The molecule has 1 saturated heterocycles. The van der Waals surface area contributed by atoms with E-state index >= 15 is 0 Å². The maximum atomic E-state index is 12.6. The summed E-state index contributed by atoms with van der Waals surface area (Å²) in [7, 11) is 2.10. The van der Waals surface area contributed by atoms with Crippen molar-refractivity contribution in [3.63, 3.8) is 0 Å². The molecule has 1 heterocycles. The van der Waals surface area contributed by atoms with E-state index < -0.39 is 0 Å². The Labute approximate surface area is 146 Å². The number of likely N-dealkylation sites (N-methyl/N-ethyl adjacent to an activating group) is 1. The molecule has 0 bridgehead atoms. The summed E-state index contributed by atoms with van der Waals surface area (Å²) in [6, 6.07) is 10.6. The van der Waals surface area contributed by atoms with Crippen LogP contribution in [0.5, 0.6) is 0 Å². The first kappa shape index (κ1) is 19.9. The standard InChI is InChI=1S/C18H29N3O.ClH/c1-4-18(11-8-12-19-18)17(22)20-15(2)13-21(3)14-16-9-6-5-7-10-16;/h5-7,9-10,15,19H,4,8,11-14H2,1-3H3,(H,20,22);1H. The normalized spacial score (nSPS) is 21.7. The molecule has 1 aliphatic rings. The number of carbonyl (C=O) groups is 1. The fraction of sp³-hybridized carbons (Fsp3) is 0.611. The number of amides is 1. The van der Waals surface area contributed by atoms with Crippen LogP contribution in [0.2, 0.25) is 0 Å². The molecule has 4 nitrogen and oxygen atoms in total. The molecule has 0 spiro atoms. The third kappa shape index (κ3) is 5.48. The second kappa shape index (κ2) is 9.26. The van der Waals surface area contributed by atoms with Crippen LogP contribution < -0.4 is 10.6 Å². The maximum absolute atomic E-state index is 12.6. The Morgan fingerprint density at radius 2 is 2.09 bits per heavy atom. The van der Waals surface area contributed by atoms with Crippen molar-refractivity contribution in [2.24, 2.45) is 0 Å². The molecule has 0 aromatic heterocycles. The number of benzene rings is 1. The number of nitrogens with zero attached hydrogens (tertiary/aromatic N) is 1. The van der Waals surface area contributed by atoms with Crippen LogP contribution in [-0.4, -0.2) is 42.5 Å². The minimum atomic E-state index is -0.341. The van der Waals surface area contributed by atoms with E-state index in [1.165, 1.54) is 5.56 Å². The van der Waals surface area contributed by atoms with Gasteiger partial charge in [0.05, 0.1) is 5.54 Å². The molecule has 5 heteroatoms. The Kier molecular flexibility index (Phi) is 8.03. The molecule has 1 amide bonds. The largest absolute Gasteiger partial charge is 0.351 e. The number of nitrogens with one attached hydrogen (secondary N) is 2. The zero-order valence-electron chi connectivity index (χ0n) is 14.5. The van der Waals surface area contributed by atoms with Crippen LogP contribution in [0.1, 0.15) is 38.7 Å². The van der Waals surface area contributed by atoms with Gasteiger partial charge in [0.15, 0.2) is 0 Å². The molecule has 23 heavy (non-hydrogen) atoms. The fourth-order valence-electron chi connectivity index (χ4n) is 3.30. The van der Waals surface area contributed by atoms with E-state index in [1.807, 2.05) is 6.07 Å². The first-order valence-electron chi connectivity index (χ1n) is 8.34. The fourth-order valence-corrected chi connectivity index (χ4v) is 3.30. The van der Waals surface area contributed by atoms with E-state index in [1.54, 1.807) is 0 Å². The maximum Gasteiger partial charge on any atom is 0.240 e. The molecular weight excluding hydrogens is 310 g/mol. The Hall–Kier alpha value is -1.10. The summed E-state index contributed by atoms with van der Waals surface area (Å²) in [5.74, 6) is 0.160. The van der Waals surface area contributed by atoms with Gasteiger partial charge in [-0.1, -0.05) is 37.3 Å². The molecule has 130 valence electrons. The number of carbonyl (C=O) groups excluding carboxylic acids is 1. The lowest BCUT2D eigenvalue weighted by molar-refractivity contribution is -0.128. The smallest absolute Gasteiger partial charge is 0.240 e. The predicted octanol–water partition coefficient (Wildman–Crippen LogP) is 2.58. The number of halogens is 1. The van der Waals surface area contributed by atoms with Crippen molar-refractivity contribution < 1.29 is 4.79 Å². The predicted molar refractivity (Wildman–Crippen MR) is 97.9 cm³/mol. The first-order valence-corrected chi connectivity index (χ1v) is 8.34. The quantitative estimate of drug-likeness (QED) is 0.802. The Bertz CT molecular complexity index is 474. The van der Waals surface area contributed by atoms with Crippen molar-refractivity contribution in [1.29, 1.82) is 0 Å². The van der Waals surface area contributed by atoms with Crippen molar-refractivity contribution >= 4 is 18.3 Å². The van der Waals surface area contributed by atoms with E-state index in [-0.39, 0.29) is 29.9 Å². The zero-order valence-corrected chi connectivity index (χ0v) is 15.3. The van der Waals surface area contributed by atoms with Gasteiger partial charge < -0.3 is 15.5 Å². The van der Waals surface area contributed by atoms with Gasteiger partial charge in [-0.15, -0.1) is 12.4 Å². The van der Waals surface area contributed by atoms with E-state index in [2.05, 4.69) is 60.7 Å². The molecule has 2 rings (SSSR count). The van der Waals surface area contributed by atoms with E-state index in [4.69, 9.17) is 0 Å². The molecule has 1 fully saturated rings. The average Bonchev–Trinajstić information content (AvgIpc) is 2.98. The van der Waals surface area contributed by atoms with Crippen molar-refractivity contribution in [2.45, 2.75) is 51.2 Å². The van der Waals surface area contributed by atoms with Gasteiger partial charge in [0.2, 0.25) is 5.91 Å². The number of rotatable bonds is 7. The van der Waals surface area contributed by atoms with Gasteiger partial charge in [-0.05, 0) is 45.3 Å². The van der Waals surface area contributed by atoms with Crippen molar-refractivity contribution in [3.8, 4) is 0 Å². The Balaban J connectivity index is 0.00000264. The van der Waals surface area contributed by atoms with E-state index in [0.29, 0.717) is 0 Å². The topological polar surface area (TPSA) is 44.4 Å². The SMILES string of the molecule is CCC1(C(=O)NC(C)CN(C)Cc2ccccc2)CCCN1.Cl. The highest BCUT2D eigenvalue weighted by Crippen LogP contribution is 2.23. The van der Waals surface area contributed by atoms with Crippen LogP contribution in [0.3, 0.4) is 0 Å². The lowest BCUT2D eigenvalue weighted by atomic mass is 9.93. The summed E-state index contributed by atoms with van der Waals surface area (Å²) >= 11 is 0. The minimum Gasteiger partial charge on any atom is -0.351 e. The highest BCUT2D eigenvalue weighted by atomic mass is 35.5. The molecule has 0 saturated carbocycles. The highest BCUT2D eigenvalue weighted by Gasteiger charge is 2.39. The molecule has 1 aromatic rings. The van der Waals surface area contributed by atoms with Crippen LogP contribution in [0.25, 0.3) is 0 Å². The summed E-state index contributed by atoms with van der Waals surface area (Å²) in [5.41, 5.74) is 0.956. The molecular formula is C18H30ClN3O. The van der Waals surface area contributed by atoms with Gasteiger partial charge in [0, 0.05) is 19.1 Å². The van der Waals surface area contributed by atoms with Crippen molar-refractivity contribution in [1.82, 2.24) is 15.5 Å². The zero-order chi connectivity index (χ0) is 16.0. The molecule has 2 N–H and O–H groups in total. The van der Waals surface area contributed by atoms with Gasteiger partial charge >= 0.3 is 0 Å². The third-order valence-electron chi connectivity index (χ3n) is 4.54. The lowest BCUT2D eigenvalue weighted by Crippen LogP contribution is -2.56. The Morgan fingerprint density at radius 3 is 2.65 bits per heavy atom. The van der Waals surface area contributed by atoms with Crippen LogP contribution >= 0.6 is 12.4 Å². The summed E-state index contributed by atoms with van der Waals surface area (Å²) in [4.78, 5) is 14.8. The average molecular weight is 340 g/mol. The van der Waals surface area contributed by atoms with E-state index in [0.717, 1.165) is 38.9 Å². The summed E-state index contributed by atoms with van der Waals surface area (Å²) in [6.45, 7) is 6.87. The molecule has 2 atom stereocenters. The van der Waals surface area contributed by atoms with E-state index in [9.17, 15) is 4.79 Å². The van der Waals surface area contributed by atoms with Crippen LogP contribution in [0, 0.1) is 0 Å². The van der Waals surface area contributed by atoms with Gasteiger partial charge in [-0.3, -0.25) is 4.79 Å². The molecule has 1 aliphatic heterocycles. The highest BCUT2D eigenvalue weighted by molar-refractivity contribution is 5.86. The van der Waals surface area contributed by atoms with Gasteiger partial charge in [0.25, 0.3) is 0 Å². The van der Waals surface area contributed by atoms with Crippen LogP contribution in [0.4, 0.5) is 0 Å². The lowest BCUT2D eigenvalue weighted by Gasteiger charge is -2.30. The summed E-state index contributed by atoms with van der Waals surface area (Å²) in [5, 5.41) is 6.58. The number of hydrogen-bond donors (Lipinski definition) is 2. The van der Waals surface area contributed by atoms with Crippen molar-refractivity contribution in [2.75, 3.05) is 20.1 Å². The molecule has 1 aromatic carbocycles. The monoisotopic (exact) mass is 339 g/mol. The minimum absolute atomic E-state index is 0. The molecule has 2 unspecified atom stereocenters. The van der Waals surface area contributed by atoms with Crippen LogP contribution in [0.15, 0.2) is 30.3 Å². The van der Waals surface area contributed by atoms with Crippen LogP contribution in [-0.2, 0) is 11.3 Å². The molecule has 0 radical (unpaired) electrons. The van der Waals surface area contributed by atoms with Crippen molar-refractivity contribution in [3.05, 3.63) is 35.9 Å². The molecule has 0 aliphatic carbocycles. The first-order chi connectivity index (χ1) is 10.6. The second-order valence-electron chi connectivity index (χ2n) is 6.52. The summed E-state index contributed by atoms with van der Waals surface area (Å²) < 4.78 is 0. The summed E-state index contributed by atoms with van der Waals surface area (Å²) in [6.07, 6.45) is 2.89. The second-order valence-corrected chi connectivity index (χ2v) is 6.52. The van der Waals surface area contributed by atoms with Gasteiger partial charge in [-0.25, -0.2) is 0 Å². The van der Waals surface area contributed by atoms with Gasteiger partial charge in [0.1, 0.15) is 0 Å².